The Hall–Kier alpha value is -2.95. The highest BCUT2D eigenvalue weighted by Crippen LogP contribution is 2.36. The van der Waals surface area contributed by atoms with Crippen molar-refractivity contribution in [1.82, 2.24) is 0 Å². The molecule has 0 radical (unpaired) electrons. The Kier molecular flexibility index (Phi) is 15.0. The number of aliphatic hydroxyl groups is 1. The van der Waals surface area contributed by atoms with Crippen LogP contribution in [0, 0.1) is 16.0 Å². The van der Waals surface area contributed by atoms with Gasteiger partial charge in [0.05, 0.1) is 28.3 Å². The van der Waals surface area contributed by atoms with Crippen LogP contribution in [-0.2, 0) is 9.63 Å². The number of hydrogen-bond acceptors (Lipinski definition) is 9. The quantitative estimate of drug-likeness (QED) is 0.131. The van der Waals surface area contributed by atoms with Gasteiger partial charge in [-0.05, 0) is 55.7 Å². The summed E-state index contributed by atoms with van der Waals surface area (Å²) in [6.07, 6.45) is 3.56. The monoisotopic (exact) mass is 640 g/mol. The molecule has 3 rings (SSSR count). The summed E-state index contributed by atoms with van der Waals surface area (Å²) >= 11 is 13.7. The van der Waals surface area contributed by atoms with Crippen molar-refractivity contribution in [2.45, 2.75) is 65.0 Å². The Morgan fingerprint density at radius 3 is 2.48 bits per heavy atom. The number of nitrogens with zero attached hydrogens (tertiary/aromatic N) is 2. The van der Waals surface area contributed by atoms with Gasteiger partial charge in [0.1, 0.15) is 23.9 Å². The number of allylic oxidation sites excluding steroid dienone is 2. The number of carbonyl (C=O) groups excluding carboxylic acids is 1. The molecule has 1 N–H and O–H groups in total. The van der Waals surface area contributed by atoms with Crippen molar-refractivity contribution >= 4 is 52.1 Å². The molecule has 0 aromatic heterocycles. The van der Waals surface area contributed by atoms with Crippen LogP contribution in [0.5, 0.6) is 17.2 Å². The van der Waals surface area contributed by atoms with Crippen LogP contribution in [0.15, 0.2) is 52.9 Å². The Balaban J connectivity index is 0.000000294. The largest absolute Gasteiger partial charge is 0.511 e. The number of hydrogen-bond donors (Lipinski definition) is 1. The summed E-state index contributed by atoms with van der Waals surface area (Å²) in [6.45, 7) is 8.67. The Labute approximate surface area is 261 Å². The summed E-state index contributed by atoms with van der Waals surface area (Å²) in [5, 5.41) is 26.6. The predicted molar refractivity (Wildman–Crippen MR) is 170 cm³/mol. The number of ketones is 1. The van der Waals surface area contributed by atoms with Gasteiger partial charge < -0.3 is 19.4 Å². The molecule has 0 saturated carbocycles. The fraction of sp³-hybridized carbons (Fsp3) is 0.467. The zero-order valence-electron chi connectivity index (χ0n) is 24.5. The second kappa shape index (κ2) is 17.9. The molecule has 2 aromatic rings. The Bertz CT molecular complexity index is 1290. The molecule has 9 nitrogen and oxygen atoms in total. The van der Waals surface area contributed by atoms with Crippen LogP contribution in [-0.4, -0.2) is 46.2 Å². The van der Waals surface area contributed by atoms with E-state index in [9.17, 15) is 20.0 Å². The van der Waals surface area contributed by atoms with Crippen molar-refractivity contribution in [3.05, 3.63) is 67.9 Å². The van der Waals surface area contributed by atoms with E-state index in [0.29, 0.717) is 63.9 Å². The number of methoxy groups -OCH3 is 1. The van der Waals surface area contributed by atoms with Crippen LogP contribution < -0.4 is 9.47 Å². The average molecular weight is 642 g/mol. The lowest BCUT2D eigenvalue weighted by atomic mass is 9.82. The van der Waals surface area contributed by atoms with E-state index < -0.39 is 4.92 Å². The molecule has 12 heteroatoms. The van der Waals surface area contributed by atoms with E-state index in [1.54, 1.807) is 18.2 Å². The van der Waals surface area contributed by atoms with Gasteiger partial charge in [0, 0.05) is 35.2 Å². The Morgan fingerprint density at radius 2 is 1.90 bits per heavy atom. The molecular formula is C30H38Cl2N2O7S. The van der Waals surface area contributed by atoms with Gasteiger partial charge in [0.15, 0.2) is 5.78 Å². The average Bonchev–Trinajstić information content (AvgIpc) is 2.93. The summed E-state index contributed by atoms with van der Waals surface area (Å²) in [5.41, 5.74) is 0.866. The number of nitro groups is 1. The molecule has 0 aliphatic heterocycles. The molecule has 0 spiro atoms. The molecule has 0 heterocycles. The molecule has 230 valence electrons. The number of aliphatic hydroxyl groups excluding tert-OH is 1. The zero-order valence-corrected chi connectivity index (χ0v) is 26.9. The highest BCUT2D eigenvalue weighted by atomic mass is 35.5. The molecule has 2 unspecified atom stereocenters. The van der Waals surface area contributed by atoms with Gasteiger partial charge in [-0.15, -0.1) is 0 Å². The molecule has 42 heavy (non-hydrogen) atoms. The van der Waals surface area contributed by atoms with E-state index in [-0.39, 0.29) is 28.9 Å². The summed E-state index contributed by atoms with van der Waals surface area (Å²) in [6, 6.07) is 8.97. The third kappa shape index (κ3) is 10.7. The fourth-order valence-corrected chi connectivity index (χ4v) is 5.87. The van der Waals surface area contributed by atoms with E-state index in [0.717, 1.165) is 18.6 Å². The first-order valence-corrected chi connectivity index (χ1v) is 15.6. The van der Waals surface area contributed by atoms with Crippen molar-refractivity contribution in [1.29, 1.82) is 0 Å². The van der Waals surface area contributed by atoms with Gasteiger partial charge in [-0.1, -0.05) is 55.5 Å². The molecule has 0 saturated heterocycles. The summed E-state index contributed by atoms with van der Waals surface area (Å²) in [4.78, 5) is 27.8. The molecule has 0 bridgehead atoms. The lowest BCUT2D eigenvalue weighted by Gasteiger charge is -2.25. The second-order valence-corrected chi connectivity index (χ2v) is 12.1. The first-order chi connectivity index (χ1) is 20.0. The van der Waals surface area contributed by atoms with Crippen LogP contribution in [0.25, 0.3) is 0 Å². The lowest BCUT2D eigenvalue weighted by Crippen LogP contribution is -2.26. The van der Waals surface area contributed by atoms with Gasteiger partial charge >= 0.3 is 5.69 Å². The number of ether oxygens (including phenoxy) is 2. The molecule has 2 atom stereocenters. The number of rotatable bonds is 13. The second-order valence-electron chi connectivity index (χ2n) is 9.49. The maximum absolute atomic E-state index is 12.5. The van der Waals surface area contributed by atoms with Crippen LogP contribution in [0.2, 0.25) is 10.0 Å². The molecular weight excluding hydrogens is 603 g/mol. The minimum absolute atomic E-state index is 0.00866. The first-order valence-electron chi connectivity index (χ1n) is 13.8. The Morgan fingerprint density at radius 1 is 1.17 bits per heavy atom. The molecule has 2 aromatic carbocycles. The van der Waals surface area contributed by atoms with Crippen molar-refractivity contribution in [2.75, 3.05) is 19.5 Å². The standard InChI is InChI=1S/C17H29NO3S.C13H9Cl2NO4/c1-5-8-14(18-21-6-2)17-15(19)10-13(11-16(17)20)9-12(4)22-7-3;1-19-13-7-9(3-4-11(13)16(17)18)20-12-5-2-8(14)6-10(12)15/h12-13,19H,5-11H2,1-4H3;2-7H,1H3. The summed E-state index contributed by atoms with van der Waals surface area (Å²) < 4.78 is 10.5. The number of benzene rings is 2. The van der Waals surface area contributed by atoms with Gasteiger partial charge in [-0.3, -0.25) is 14.9 Å². The smallest absolute Gasteiger partial charge is 0.311 e. The van der Waals surface area contributed by atoms with Gasteiger partial charge in [-0.25, -0.2) is 0 Å². The van der Waals surface area contributed by atoms with E-state index in [2.05, 4.69) is 19.0 Å². The van der Waals surface area contributed by atoms with Crippen molar-refractivity contribution in [3.63, 3.8) is 0 Å². The van der Waals surface area contributed by atoms with E-state index in [4.69, 9.17) is 37.5 Å². The molecule has 1 aliphatic carbocycles. The minimum atomic E-state index is -0.530. The SMILES string of the molecule is CCCC(=NOCC)C1=C(O)CC(CC(C)SCC)CC1=O.COc1cc(Oc2ccc(Cl)cc2Cl)ccc1[N+](=O)[O-]. The highest BCUT2D eigenvalue weighted by molar-refractivity contribution is 7.99. The molecule has 1 aliphatic rings. The van der Waals surface area contributed by atoms with Crippen molar-refractivity contribution in [2.24, 2.45) is 11.1 Å². The number of carbonyl (C=O) groups is 1. The predicted octanol–water partition coefficient (Wildman–Crippen LogP) is 9.20. The third-order valence-electron chi connectivity index (χ3n) is 6.19. The topological polar surface area (TPSA) is 120 Å². The van der Waals surface area contributed by atoms with Crippen LogP contribution in [0.1, 0.15) is 59.8 Å². The van der Waals surface area contributed by atoms with Gasteiger partial charge in [-0.2, -0.15) is 11.8 Å². The summed E-state index contributed by atoms with van der Waals surface area (Å²) in [5.74, 6) is 2.40. The molecule has 0 fully saturated rings. The van der Waals surface area contributed by atoms with Gasteiger partial charge in [0.25, 0.3) is 0 Å². The van der Waals surface area contributed by atoms with Crippen molar-refractivity contribution < 1.29 is 29.1 Å². The first kappa shape index (κ1) is 35.2. The van der Waals surface area contributed by atoms with Gasteiger partial charge in [0.2, 0.25) is 5.75 Å². The maximum Gasteiger partial charge on any atom is 0.311 e. The lowest BCUT2D eigenvalue weighted by molar-refractivity contribution is -0.385. The van der Waals surface area contributed by atoms with Crippen LogP contribution >= 0.6 is 35.0 Å². The minimum Gasteiger partial charge on any atom is -0.511 e. The van der Waals surface area contributed by atoms with E-state index >= 15 is 0 Å². The van der Waals surface area contributed by atoms with E-state index in [1.165, 1.54) is 25.3 Å². The van der Waals surface area contributed by atoms with Crippen molar-refractivity contribution in [3.8, 4) is 17.2 Å². The van der Waals surface area contributed by atoms with E-state index in [1.807, 2.05) is 25.6 Å². The zero-order chi connectivity index (χ0) is 31.2. The third-order valence-corrected chi connectivity index (χ3v) is 7.81. The molecule has 0 amide bonds. The fourth-order valence-electron chi connectivity index (χ4n) is 4.44. The number of oxime groups is 1. The number of halogens is 2. The number of Topliss-reactive ketones (excluding diaryl/α,β-unsaturated/α-hetero) is 1. The number of thioether (sulfide) groups is 1. The maximum atomic E-state index is 12.5. The van der Waals surface area contributed by atoms with Crippen LogP contribution in [0.4, 0.5) is 5.69 Å². The number of nitro benzene ring substituents is 1. The highest BCUT2D eigenvalue weighted by Gasteiger charge is 2.31. The van der Waals surface area contributed by atoms with Crippen LogP contribution in [0.3, 0.4) is 0 Å². The summed E-state index contributed by atoms with van der Waals surface area (Å²) in [7, 11) is 1.35. The normalized spacial score (nSPS) is 15.9.